The van der Waals surface area contributed by atoms with Gasteiger partial charge < -0.3 is 5.32 Å². The predicted molar refractivity (Wildman–Crippen MR) is 65.9 cm³/mol. The van der Waals surface area contributed by atoms with Crippen molar-refractivity contribution in [2.24, 2.45) is 0 Å². The maximum atomic E-state index is 3.35. The number of anilines is 1. The lowest BCUT2D eigenvalue weighted by atomic mass is 10.1. The fraction of sp³-hybridized carbons (Fsp3) is 0.538. The van der Waals surface area contributed by atoms with E-state index in [0.717, 1.165) is 13.0 Å². The summed E-state index contributed by atoms with van der Waals surface area (Å²) in [6.07, 6.45) is 2.30. The van der Waals surface area contributed by atoms with Crippen molar-refractivity contribution in [3.8, 4) is 0 Å². The first-order valence-electron chi connectivity index (χ1n) is 5.69. The average molecular weight is 193 g/mol. The van der Waals surface area contributed by atoms with Crippen molar-refractivity contribution in [1.29, 1.82) is 0 Å². The number of hydrogen-bond donors (Lipinski definition) is 1. The second kappa shape index (κ2) is 8.61. The molecule has 0 radical (unpaired) electrons. The number of benzene rings is 1. The summed E-state index contributed by atoms with van der Waals surface area (Å²) in [5.74, 6) is 0. The first kappa shape index (κ1) is 13.0. The normalized spacial score (nSPS) is 8.86. The van der Waals surface area contributed by atoms with Crippen LogP contribution < -0.4 is 5.32 Å². The van der Waals surface area contributed by atoms with Crippen LogP contribution in [0.1, 0.15) is 39.7 Å². The molecule has 0 saturated carbocycles. The van der Waals surface area contributed by atoms with Gasteiger partial charge in [-0.25, -0.2) is 0 Å². The van der Waals surface area contributed by atoms with Crippen molar-refractivity contribution in [1.82, 2.24) is 0 Å². The Balaban J connectivity index is 0.000000791. The molecule has 0 aromatic heterocycles. The summed E-state index contributed by atoms with van der Waals surface area (Å²) in [7, 11) is 0. The monoisotopic (exact) mass is 193 g/mol. The number of nitrogens with one attached hydrogen (secondary N) is 1. The second-order valence-electron chi connectivity index (χ2n) is 2.98. The Morgan fingerprint density at radius 1 is 1.00 bits per heavy atom. The zero-order chi connectivity index (χ0) is 10.8. The molecule has 0 aliphatic rings. The molecule has 0 saturated heterocycles. The summed E-state index contributed by atoms with van der Waals surface area (Å²) in [4.78, 5) is 0. The highest BCUT2D eigenvalue weighted by Gasteiger charge is 1.90. The highest BCUT2D eigenvalue weighted by molar-refractivity contribution is 5.44. The summed E-state index contributed by atoms with van der Waals surface area (Å²) in [5.41, 5.74) is 2.63. The van der Waals surface area contributed by atoms with E-state index >= 15 is 0 Å². The minimum Gasteiger partial charge on any atom is -0.385 e. The zero-order valence-corrected chi connectivity index (χ0v) is 9.93. The minimum atomic E-state index is 1.06. The van der Waals surface area contributed by atoms with E-state index in [2.05, 4.69) is 43.4 Å². The van der Waals surface area contributed by atoms with Crippen LogP contribution in [0.15, 0.2) is 24.3 Å². The molecule has 1 N–H and O–H groups in total. The molecular formula is C13H23N. The molecule has 1 aromatic carbocycles. The first-order valence-corrected chi connectivity index (χ1v) is 5.69. The molecule has 1 aromatic rings. The lowest BCUT2D eigenvalue weighted by Gasteiger charge is -2.04. The molecule has 14 heavy (non-hydrogen) atoms. The fourth-order valence-corrected chi connectivity index (χ4v) is 1.13. The van der Waals surface area contributed by atoms with E-state index in [4.69, 9.17) is 0 Å². The lowest BCUT2D eigenvalue weighted by Crippen LogP contribution is -1.99. The van der Waals surface area contributed by atoms with Crippen LogP contribution in [0.3, 0.4) is 0 Å². The van der Waals surface area contributed by atoms with Gasteiger partial charge in [0.05, 0.1) is 0 Å². The third-order valence-electron chi connectivity index (χ3n) is 1.94. The molecule has 1 nitrogen and oxygen atoms in total. The smallest absolute Gasteiger partial charge is 0.0340 e. The molecule has 0 bridgehead atoms. The average Bonchev–Trinajstić information content (AvgIpc) is 2.30. The Bertz CT molecular complexity index is 213. The minimum absolute atomic E-state index is 1.06. The van der Waals surface area contributed by atoms with E-state index < -0.39 is 0 Å². The van der Waals surface area contributed by atoms with Gasteiger partial charge >= 0.3 is 0 Å². The van der Waals surface area contributed by atoms with Crippen molar-refractivity contribution in [2.45, 2.75) is 40.5 Å². The van der Waals surface area contributed by atoms with Crippen LogP contribution in [-0.2, 0) is 6.42 Å². The second-order valence-corrected chi connectivity index (χ2v) is 2.98. The highest BCUT2D eigenvalue weighted by atomic mass is 14.9. The molecule has 0 heterocycles. The van der Waals surface area contributed by atoms with Gasteiger partial charge in [0, 0.05) is 12.2 Å². The SMILES string of the molecule is CC.CCCNc1ccc(CC)cc1. The van der Waals surface area contributed by atoms with Crippen LogP contribution in [0.4, 0.5) is 5.69 Å². The quantitative estimate of drug-likeness (QED) is 0.759. The molecule has 0 fully saturated rings. The molecule has 0 aliphatic heterocycles. The van der Waals surface area contributed by atoms with Crippen LogP contribution in [0.25, 0.3) is 0 Å². The van der Waals surface area contributed by atoms with Crippen molar-refractivity contribution >= 4 is 5.69 Å². The zero-order valence-electron chi connectivity index (χ0n) is 9.93. The Morgan fingerprint density at radius 3 is 2.00 bits per heavy atom. The van der Waals surface area contributed by atoms with Gasteiger partial charge in [0.2, 0.25) is 0 Å². The molecule has 1 heteroatoms. The van der Waals surface area contributed by atoms with Gasteiger partial charge in [-0.2, -0.15) is 0 Å². The van der Waals surface area contributed by atoms with Gasteiger partial charge in [-0.05, 0) is 30.5 Å². The summed E-state index contributed by atoms with van der Waals surface area (Å²) >= 11 is 0. The Hall–Kier alpha value is -0.980. The van der Waals surface area contributed by atoms with Gasteiger partial charge in [-0.15, -0.1) is 0 Å². The van der Waals surface area contributed by atoms with E-state index in [1.807, 2.05) is 13.8 Å². The largest absolute Gasteiger partial charge is 0.385 e. The lowest BCUT2D eigenvalue weighted by molar-refractivity contribution is 0.979. The summed E-state index contributed by atoms with van der Waals surface area (Å²) in [5, 5.41) is 3.35. The van der Waals surface area contributed by atoms with Crippen LogP contribution in [-0.4, -0.2) is 6.54 Å². The van der Waals surface area contributed by atoms with Gasteiger partial charge in [-0.3, -0.25) is 0 Å². The molecule has 1 rings (SSSR count). The third-order valence-corrected chi connectivity index (χ3v) is 1.94. The Kier molecular flexibility index (Phi) is 8.01. The molecular weight excluding hydrogens is 170 g/mol. The number of hydrogen-bond acceptors (Lipinski definition) is 1. The third kappa shape index (κ3) is 4.90. The number of rotatable bonds is 4. The van der Waals surface area contributed by atoms with Crippen molar-refractivity contribution in [3.05, 3.63) is 29.8 Å². The van der Waals surface area contributed by atoms with E-state index in [-0.39, 0.29) is 0 Å². The van der Waals surface area contributed by atoms with E-state index in [0.29, 0.717) is 0 Å². The van der Waals surface area contributed by atoms with Crippen molar-refractivity contribution < 1.29 is 0 Å². The van der Waals surface area contributed by atoms with Gasteiger partial charge in [-0.1, -0.05) is 39.8 Å². The maximum Gasteiger partial charge on any atom is 0.0340 e. The van der Waals surface area contributed by atoms with E-state index in [9.17, 15) is 0 Å². The van der Waals surface area contributed by atoms with E-state index in [1.165, 1.54) is 17.7 Å². The topological polar surface area (TPSA) is 12.0 Å². The van der Waals surface area contributed by atoms with Gasteiger partial charge in [0.15, 0.2) is 0 Å². The maximum absolute atomic E-state index is 3.35. The van der Waals surface area contributed by atoms with Crippen LogP contribution in [0.5, 0.6) is 0 Å². The fourth-order valence-electron chi connectivity index (χ4n) is 1.13. The Morgan fingerprint density at radius 2 is 1.57 bits per heavy atom. The van der Waals surface area contributed by atoms with Gasteiger partial charge in [0.25, 0.3) is 0 Å². The summed E-state index contributed by atoms with van der Waals surface area (Å²) in [6.45, 7) is 9.41. The molecule has 0 spiro atoms. The van der Waals surface area contributed by atoms with Crippen molar-refractivity contribution in [3.63, 3.8) is 0 Å². The molecule has 0 amide bonds. The number of aryl methyl sites for hydroxylation is 1. The van der Waals surface area contributed by atoms with Crippen molar-refractivity contribution in [2.75, 3.05) is 11.9 Å². The standard InChI is InChI=1S/C11H17N.C2H6/c1-3-9-12-11-7-5-10(4-2)6-8-11;1-2/h5-8,12H,3-4,9H2,1-2H3;1-2H3. The van der Waals surface area contributed by atoms with Crippen LogP contribution >= 0.6 is 0 Å². The molecule has 0 atom stereocenters. The first-order chi connectivity index (χ1) is 6.86. The predicted octanol–water partition coefficient (Wildman–Crippen LogP) is 4.10. The van der Waals surface area contributed by atoms with Gasteiger partial charge in [0.1, 0.15) is 0 Å². The molecule has 0 unspecified atom stereocenters. The Labute approximate surface area is 88.5 Å². The van der Waals surface area contributed by atoms with Crippen LogP contribution in [0.2, 0.25) is 0 Å². The van der Waals surface area contributed by atoms with E-state index in [1.54, 1.807) is 0 Å². The highest BCUT2D eigenvalue weighted by Crippen LogP contribution is 2.09. The summed E-state index contributed by atoms with van der Waals surface area (Å²) < 4.78 is 0. The van der Waals surface area contributed by atoms with Crippen LogP contribution in [0, 0.1) is 0 Å². The molecule has 0 aliphatic carbocycles. The molecule has 80 valence electrons. The summed E-state index contributed by atoms with van der Waals surface area (Å²) in [6, 6.07) is 8.65.